The van der Waals surface area contributed by atoms with Gasteiger partial charge in [0.1, 0.15) is 35.1 Å². The predicted octanol–water partition coefficient (Wildman–Crippen LogP) is 3.69. The van der Waals surface area contributed by atoms with E-state index in [-0.39, 0.29) is 44.6 Å². The number of ether oxygens (including phenoxy) is 1. The summed E-state index contributed by atoms with van der Waals surface area (Å²) >= 11 is 0. The summed E-state index contributed by atoms with van der Waals surface area (Å²) in [6.07, 6.45) is 6.01. The topological polar surface area (TPSA) is 154 Å². The number of hydrogen-bond acceptors (Lipinski definition) is 8. The molecule has 0 spiro atoms. The van der Waals surface area contributed by atoms with Crippen molar-refractivity contribution in [1.29, 1.82) is 0 Å². The third-order valence-electron chi connectivity index (χ3n) is 10.8. The van der Waals surface area contributed by atoms with E-state index in [1.807, 2.05) is 12.2 Å². The summed E-state index contributed by atoms with van der Waals surface area (Å²) in [6, 6.07) is 5.53. The number of amides is 4. The first kappa shape index (κ1) is 36.9. The van der Waals surface area contributed by atoms with Gasteiger partial charge in [-0.2, -0.15) is 0 Å². The Bertz CT molecular complexity index is 1920. The summed E-state index contributed by atoms with van der Waals surface area (Å²) in [5.74, 6) is -4.54. The maximum atomic E-state index is 14.4. The fourth-order valence-electron chi connectivity index (χ4n) is 7.58. The summed E-state index contributed by atoms with van der Waals surface area (Å²) < 4.78 is 75.9. The molecule has 2 aliphatic carbocycles. The normalized spacial score (nSPS) is 27.5. The average Bonchev–Trinajstić information content (AvgIpc) is 3.99. The Labute approximate surface area is 305 Å². The third-order valence-corrected chi connectivity index (χ3v) is 12.6. The number of hydrogen-bond donors (Lipinski definition) is 3. The van der Waals surface area contributed by atoms with Crippen LogP contribution in [0.2, 0.25) is 0 Å². The molecule has 0 unspecified atom stereocenters. The van der Waals surface area contributed by atoms with E-state index in [0.29, 0.717) is 43.2 Å². The van der Waals surface area contributed by atoms with Crippen LogP contribution < -0.4 is 15.4 Å². The Morgan fingerprint density at radius 1 is 1.00 bits per heavy atom. The quantitative estimate of drug-likeness (QED) is 0.362. The minimum atomic E-state index is -3.93. The van der Waals surface area contributed by atoms with Crippen LogP contribution in [0.3, 0.4) is 0 Å². The summed E-state index contributed by atoms with van der Waals surface area (Å²) in [6.45, 7) is -0.121. The van der Waals surface area contributed by atoms with Gasteiger partial charge in [-0.25, -0.2) is 26.4 Å². The van der Waals surface area contributed by atoms with Crippen molar-refractivity contribution in [1.82, 2.24) is 25.2 Å². The Hall–Kier alpha value is -4.44. The maximum absolute atomic E-state index is 14.4. The fraction of sp³-hybridized carbons (Fsp3) is 0.514. The van der Waals surface area contributed by atoms with Crippen LogP contribution in [0.5, 0.6) is 0 Å². The SMILES string of the molecule is O=C1N[C@]2(C(=O)NS(=O)(=O)C3CC3)C[C@H]2C=CCCCCC[C@H](NCc2cc(F)cc(F)c2)C(=O)N2C[C@H](OC(=O)N3Cc4cccc(F)c4C3)C[C@@H]12. The largest absolute Gasteiger partial charge is 0.444 e. The van der Waals surface area contributed by atoms with Crippen molar-refractivity contribution in [2.45, 2.75) is 106 Å². The number of carbonyl (C=O) groups is 4. The minimum Gasteiger partial charge on any atom is -0.444 e. The molecule has 0 aromatic heterocycles. The Morgan fingerprint density at radius 3 is 2.51 bits per heavy atom. The van der Waals surface area contributed by atoms with E-state index in [1.165, 1.54) is 15.9 Å². The molecule has 3 N–H and O–H groups in total. The second-order valence-corrected chi connectivity index (χ2v) is 16.7. The number of allylic oxidation sites excluding steroid dienone is 1. The molecule has 2 saturated carbocycles. The van der Waals surface area contributed by atoms with Crippen LogP contribution in [0.1, 0.15) is 74.5 Å². The van der Waals surface area contributed by atoms with Gasteiger partial charge in [-0.3, -0.25) is 24.0 Å². The molecule has 0 radical (unpaired) electrons. The van der Waals surface area contributed by atoms with Crippen molar-refractivity contribution in [3.8, 4) is 0 Å². The van der Waals surface area contributed by atoms with Gasteiger partial charge >= 0.3 is 6.09 Å². The zero-order valence-electron chi connectivity index (χ0n) is 29.0. The first-order chi connectivity index (χ1) is 25.3. The average molecular weight is 758 g/mol. The van der Waals surface area contributed by atoms with E-state index in [0.717, 1.165) is 31.0 Å². The van der Waals surface area contributed by atoms with E-state index in [9.17, 15) is 40.8 Å². The molecule has 7 rings (SSSR count). The molecule has 2 aromatic carbocycles. The predicted molar refractivity (Wildman–Crippen MR) is 184 cm³/mol. The number of carbonyl (C=O) groups excluding carboxylic acids is 4. The smallest absolute Gasteiger partial charge is 0.410 e. The molecule has 3 aliphatic heterocycles. The number of benzene rings is 2. The van der Waals surface area contributed by atoms with Gasteiger partial charge in [-0.1, -0.05) is 37.1 Å². The molecular weight excluding hydrogens is 715 g/mol. The molecule has 5 aliphatic rings. The van der Waals surface area contributed by atoms with Gasteiger partial charge in [-0.15, -0.1) is 0 Å². The van der Waals surface area contributed by atoms with Crippen LogP contribution in [0, 0.1) is 23.4 Å². The first-order valence-corrected chi connectivity index (χ1v) is 19.6. The van der Waals surface area contributed by atoms with E-state index in [2.05, 4.69) is 15.4 Å². The van der Waals surface area contributed by atoms with Gasteiger partial charge in [0, 0.05) is 37.1 Å². The van der Waals surface area contributed by atoms with E-state index in [4.69, 9.17) is 4.74 Å². The lowest BCUT2D eigenvalue weighted by Gasteiger charge is -2.30. The minimum absolute atomic E-state index is 0.0108. The lowest BCUT2D eigenvalue weighted by molar-refractivity contribution is -0.141. The van der Waals surface area contributed by atoms with Crippen molar-refractivity contribution in [3.63, 3.8) is 0 Å². The summed E-state index contributed by atoms with van der Waals surface area (Å²) in [7, 11) is -3.93. The molecule has 16 heteroatoms. The second-order valence-electron chi connectivity index (χ2n) is 14.7. The van der Waals surface area contributed by atoms with E-state index < -0.39 is 86.2 Å². The van der Waals surface area contributed by atoms with Crippen molar-refractivity contribution in [3.05, 3.63) is 82.7 Å². The number of halogens is 3. The number of sulfonamides is 1. The van der Waals surface area contributed by atoms with Crippen molar-refractivity contribution < 1.29 is 45.5 Å². The highest BCUT2D eigenvalue weighted by molar-refractivity contribution is 7.91. The third kappa shape index (κ3) is 8.08. The molecule has 53 heavy (non-hydrogen) atoms. The summed E-state index contributed by atoms with van der Waals surface area (Å²) in [5.41, 5.74) is -0.270. The lowest BCUT2D eigenvalue weighted by Crippen LogP contribution is -2.58. The molecular formula is C37H42F3N5O7S. The Morgan fingerprint density at radius 2 is 1.77 bits per heavy atom. The Kier molecular flexibility index (Phi) is 10.3. The zero-order chi connectivity index (χ0) is 37.5. The van der Waals surface area contributed by atoms with Gasteiger partial charge in [0.25, 0.3) is 5.91 Å². The highest BCUT2D eigenvalue weighted by Gasteiger charge is 2.62. The molecule has 1 saturated heterocycles. The van der Waals surface area contributed by atoms with Crippen LogP contribution >= 0.6 is 0 Å². The fourth-order valence-corrected chi connectivity index (χ4v) is 8.95. The van der Waals surface area contributed by atoms with Crippen LogP contribution in [0.4, 0.5) is 18.0 Å². The van der Waals surface area contributed by atoms with Gasteiger partial charge in [-0.05, 0) is 67.9 Å². The van der Waals surface area contributed by atoms with Gasteiger partial charge < -0.3 is 20.3 Å². The molecule has 3 fully saturated rings. The van der Waals surface area contributed by atoms with Crippen LogP contribution in [0.15, 0.2) is 48.6 Å². The number of nitrogens with one attached hydrogen (secondary N) is 3. The monoisotopic (exact) mass is 757 g/mol. The van der Waals surface area contributed by atoms with Crippen LogP contribution in [-0.2, 0) is 48.8 Å². The standard InChI is InChI=1S/C37H42F3N5O7S/c38-25-13-22(14-26(39)15-25)18-41-31-10-5-3-1-2-4-8-24-17-37(24,35(48)43-53(50,51)28-11-12-28)42-33(46)32-16-27(20-45(32)34(31)47)52-36(49)44-19-23-7-6-9-30(40)29(23)21-44/h4,6-9,13-15,24,27-28,31-32,41H,1-3,5,10-12,16-21H2,(H,42,46)(H,43,48)/t24-,27-,31+,32+,37-/m1/s1. The lowest BCUT2D eigenvalue weighted by atomic mass is 10.0. The van der Waals surface area contributed by atoms with Gasteiger partial charge in [0.2, 0.25) is 21.8 Å². The molecule has 12 nitrogen and oxygen atoms in total. The van der Waals surface area contributed by atoms with Gasteiger partial charge in [0.05, 0.1) is 24.4 Å². The van der Waals surface area contributed by atoms with Crippen LogP contribution in [0.25, 0.3) is 0 Å². The number of rotatable bonds is 7. The number of fused-ring (bicyclic) bond motifs is 3. The zero-order valence-corrected chi connectivity index (χ0v) is 29.8. The van der Waals surface area contributed by atoms with Crippen molar-refractivity contribution in [2.24, 2.45) is 5.92 Å². The second kappa shape index (κ2) is 14.8. The summed E-state index contributed by atoms with van der Waals surface area (Å²) in [5, 5.41) is 5.23. The molecule has 0 bridgehead atoms. The maximum Gasteiger partial charge on any atom is 0.410 e. The van der Waals surface area contributed by atoms with Gasteiger partial charge in [0.15, 0.2) is 0 Å². The molecule has 284 valence electrons. The molecule has 4 amide bonds. The molecule has 2 aromatic rings. The highest BCUT2D eigenvalue weighted by atomic mass is 32.2. The number of nitrogens with zero attached hydrogens (tertiary/aromatic N) is 2. The molecule has 5 atom stereocenters. The van der Waals surface area contributed by atoms with Crippen molar-refractivity contribution >= 4 is 33.8 Å². The summed E-state index contributed by atoms with van der Waals surface area (Å²) in [4.78, 5) is 58.2. The van der Waals surface area contributed by atoms with Crippen molar-refractivity contribution in [2.75, 3.05) is 6.54 Å². The van der Waals surface area contributed by atoms with E-state index >= 15 is 0 Å². The van der Waals surface area contributed by atoms with Crippen LogP contribution in [-0.4, -0.2) is 77.6 Å². The highest BCUT2D eigenvalue weighted by Crippen LogP contribution is 2.46. The molecule has 3 heterocycles. The first-order valence-electron chi connectivity index (χ1n) is 18.1. The Balaban J connectivity index is 1.14. The van der Waals surface area contributed by atoms with E-state index in [1.54, 1.807) is 12.1 Å².